The Bertz CT molecular complexity index is 908. The number of rotatable bonds is 5. The smallest absolute Gasteiger partial charge is 0.187 e. The summed E-state index contributed by atoms with van der Waals surface area (Å²) in [5.74, 6) is -0.490. The normalized spacial score (nSPS) is 11.2. The maximum absolute atomic E-state index is 13.8. The van der Waals surface area contributed by atoms with Crippen LogP contribution >= 0.6 is 15.9 Å². The summed E-state index contributed by atoms with van der Waals surface area (Å²) >= 11 is 3.14. The van der Waals surface area contributed by atoms with E-state index in [4.69, 9.17) is 0 Å². The van der Waals surface area contributed by atoms with E-state index in [0.717, 1.165) is 5.56 Å². The molecular formula is C21H15BrFNO. The van der Waals surface area contributed by atoms with Gasteiger partial charge in [-0.15, -0.1) is 0 Å². The zero-order valence-electron chi connectivity index (χ0n) is 13.2. The fourth-order valence-corrected chi connectivity index (χ4v) is 2.60. The minimum atomic E-state index is -0.369. The molecule has 0 aliphatic heterocycles. The van der Waals surface area contributed by atoms with Gasteiger partial charge in [0, 0.05) is 23.0 Å². The summed E-state index contributed by atoms with van der Waals surface area (Å²) in [5.41, 5.74) is 2.61. The van der Waals surface area contributed by atoms with E-state index in [1.165, 1.54) is 12.1 Å². The van der Waals surface area contributed by atoms with Gasteiger partial charge in [0.1, 0.15) is 5.82 Å². The molecule has 0 amide bonds. The van der Waals surface area contributed by atoms with Crippen molar-refractivity contribution in [2.45, 2.75) is 0 Å². The predicted octanol–water partition coefficient (Wildman–Crippen LogP) is 5.92. The molecule has 0 aliphatic carbocycles. The molecule has 0 saturated carbocycles. The van der Waals surface area contributed by atoms with Crippen LogP contribution in [-0.4, -0.2) is 5.78 Å². The highest BCUT2D eigenvalue weighted by Crippen LogP contribution is 2.23. The fraction of sp³-hybridized carbons (Fsp3) is 0. The van der Waals surface area contributed by atoms with Crippen molar-refractivity contribution >= 4 is 33.1 Å². The number of halogens is 2. The number of nitrogens with one attached hydrogen (secondary N) is 1. The lowest BCUT2D eigenvalue weighted by molar-refractivity contribution is 0.104. The van der Waals surface area contributed by atoms with Gasteiger partial charge < -0.3 is 5.32 Å². The van der Waals surface area contributed by atoms with E-state index in [1.54, 1.807) is 24.3 Å². The van der Waals surface area contributed by atoms with E-state index in [1.807, 2.05) is 48.5 Å². The van der Waals surface area contributed by atoms with Gasteiger partial charge in [0.15, 0.2) is 5.78 Å². The van der Waals surface area contributed by atoms with Crippen LogP contribution in [0.25, 0.3) is 5.70 Å². The highest BCUT2D eigenvalue weighted by molar-refractivity contribution is 9.10. The molecule has 0 heterocycles. The Balaban J connectivity index is 1.97. The first-order chi connectivity index (χ1) is 12.1. The van der Waals surface area contributed by atoms with E-state index in [9.17, 15) is 9.18 Å². The Labute approximate surface area is 154 Å². The predicted molar refractivity (Wildman–Crippen MR) is 103 cm³/mol. The molecule has 3 aromatic carbocycles. The monoisotopic (exact) mass is 395 g/mol. The number of hydrogen-bond acceptors (Lipinski definition) is 2. The molecule has 124 valence electrons. The lowest BCUT2D eigenvalue weighted by atomic mass is 10.1. The number of allylic oxidation sites excluding steroid dienone is 1. The molecule has 25 heavy (non-hydrogen) atoms. The first kappa shape index (κ1) is 17.1. The van der Waals surface area contributed by atoms with Crippen LogP contribution in [0.5, 0.6) is 0 Å². The van der Waals surface area contributed by atoms with E-state index >= 15 is 0 Å². The average Bonchev–Trinajstić information content (AvgIpc) is 2.65. The number of carbonyl (C=O) groups is 1. The molecule has 4 heteroatoms. The summed E-state index contributed by atoms with van der Waals surface area (Å²) in [4.78, 5) is 12.5. The van der Waals surface area contributed by atoms with Crippen LogP contribution in [0.15, 0.2) is 89.4 Å². The van der Waals surface area contributed by atoms with Crippen molar-refractivity contribution in [2.75, 3.05) is 5.32 Å². The number of hydrogen-bond donors (Lipinski definition) is 1. The first-order valence-corrected chi connectivity index (χ1v) is 8.51. The standard InChI is InChI=1S/C21H15BrFNO/c22-18-12-11-17(13-19(18)23)24-20(15-7-3-1-4-8-15)14-21(25)16-9-5-2-6-10-16/h1-14,24H/b20-14-. The second-order valence-electron chi connectivity index (χ2n) is 5.41. The SMILES string of the molecule is O=C(/C=C(\Nc1ccc(Br)c(F)c1)c1ccccc1)c1ccccc1. The van der Waals surface area contributed by atoms with Crippen LogP contribution < -0.4 is 5.32 Å². The van der Waals surface area contributed by atoms with Crippen LogP contribution in [-0.2, 0) is 0 Å². The molecule has 0 spiro atoms. The molecule has 0 aliphatic rings. The summed E-state index contributed by atoms with van der Waals surface area (Å²) in [6.07, 6.45) is 1.53. The quantitative estimate of drug-likeness (QED) is 0.428. The Morgan fingerprint density at radius 3 is 2.08 bits per heavy atom. The summed E-state index contributed by atoms with van der Waals surface area (Å²) in [6.45, 7) is 0. The van der Waals surface area contributed by atoms with Crippen molar-refractivity contribution in [2.24, 2.45) is 0 Å². The molecule has 0 fully saturated rings. The van der Waals surface area contributed by atoms with Crippen LogP contribution in [0.2, 0.25) is 0 Å². The van der Waals surface area contributed by atoms with Crippen LogP contribution in [0.4, 0.5) is 10.1 Å². The van der Waals surface area contributed by atoms with Gasteiger partial charge in [-0.3, -0.25) is 4.79 Å². The molecular weight excluding hydrogens is 381 g/mol. The van der Waals surface area contributed by atoms with Crippen molar-refractivity contribution in [3.8, 4) is 0 Å². The number of ketones is 1. The molecule has 0 radical (unpaired) electrons. The van der Waals surface area contributed by atoms with Gasteiger partial charge in [0.05, 0.1) is 4.47 Å². The van der Waals surface area contributed by atoms with Crippen molar-refractivity contribution in [1.82, 2.24) is 0 Å². The Morgan fingerprint density at radius 1 is 0.880 bits per heavy atom. The molecule has 1 N–H and O–H groups in total. The maximum Gasteiger partial charge on any atom is 0.187 e. The van der Waals surface area contributed by atoms with E-state index in [-0.39, 0.29) is 11.6 Å². The summed E-state index contributed by atoms with van der Waals surface area (Å²) < 4.78 is 14.2. The topological polar surface area (TPSA) is 29.1 Å². The van der Waals surface area contributed by atoms with E-state index < -0.39 is 0 Å². The highest BCUT2D eigenvalue weighted by Gasteiger charge is 2.09. The van der Waals surface area contributed by atoms with Gasteiger partial charge in [-0.1, -0.05) is 60.7 Å². The molecule has 3 aromatic rings. The van der Waals surface area contributed by atoms with Gasteiger partial charge >= 0.3 is 0 Å². The third-order valence-corrected chi connectivity index (χ3v) is 4.26. The summed E-state index contributed by atoms with van der Waals surface area (Å²) in [6, 6.07) is 23.3. The zero-order valence-corrected chi connectivity index (χ0v) is 14.8. The summed E-state index contributed by atoms with van der Waals surface area (Å²) in [7, 11) is 0. The number of benzene rings is 3. The largest absolute Gasteiger partial charge is 0.355 e. The van der Waals surface area contributed by atoms with Crippen molar-refractivity contribution in [3.05, 3.63) is 106 Å². The molecule has 0 atom stereocenters. The third kappa shape index (κ3) is 4.43. The van der Waals surface area contributed by atoms with E-state index in [2.05, 4.69) is 21.2 Å². The zero-order chi connectivity index (χ0) is 17.6. The molecule has 3 rings (SSSR count). The minimum absolute atomic E-state index is 0.121. The van der Waals surface area contributed by atoms with Gasteiger partial charge in [-0.05, 0) is 39.7 Å². The lowest BCUT2D eigenvalue weighted by Crippen LogP contribution is -2.04. The molecule has 0 unspecified atom stereocenters. The van der Waals surface area contributed by atoms with Crippen molar-refractivity contribution < 1.29 is 9.18 Å². The van der Waals surface area contributed by atoms with E-state index in [0.29, 0.717) is 21.4 Å². The van der Waals surface area contributed by atoms with Gasteiger partial charge in [0.2, 0.25) is 0 Å². The summed E-state index contributed by atoms with van der Waals surface area (Å²) in [5, 5.41) is 3.14. The van der Waals surface area contributed by atoms with Crippen molar-refractivity contribution in [3.63, 3.8) is 0 Å². The second kappa shape index (κ2) is 7.90. The fourth-order valence-electron chi connectivity index (χ4n) is 2.36. The van der Waals surface area contributed by atoms with Gasteiger partial charge in [-0.25, -0.2) is 4.39 Å². The molecule has 0 bridgehead atoms. The van der Waals surface area contributed by atoms with Gasteiger partial charge in [-0.2, -0.15) is 0 Å². The second-order valence-corrected chi connectivity index (χ2v) is 6.26. The number of anilines is 1. The Hall–Kier alpha value is -2.72. The highest BCUT2D eigenvalue weighted by atomic mass is 79.9. The maximum atomic E-state index is 13.8. The Kier molecular flexibility index (Phi) is 5.41. The molecule has 0 aromatic heterocycles. The minimum Gasteiger partial charge on any atom is -0.355 e. The Morgan fingerprint density at radius 2 is 1.48 bits per heavy atom. The van der Waals surface area contributed by atoms with Crippen LogP contribution in [0.3, 0.4) is 0 Å². The van der Waals surface area contributed by atoms with Gasteiger partial charge in [0.25, 0.3) is 0 Å². The van der Waals surface area contributed by atoms with Crippen LogP contribution in [0, 0.1) is 5.82 Å². The molecule has 0 saturated heterocycles. The van der Waals surface area contributed by atoms with Crippen molar-refractivity contribution in [1.29, 1.82) is 0 Å². The average molecular weight is 396 g/mol. The number of carbonyl (C=O) groups excluding carboxylic acids is 1. The van der Waals surface area contributed by atoms with Crippen LogP contribution in [0.1, 0.15) is 15.9 Å². The third-order valence-electron chi connectivity index (χ3n) is 3.62. The lowest BCUT2D eigenvalue weighted by Gasteiger charge is -2.12. The molecule has 2 nitrogen and oxygen atoms in total. The first-order valence-electron chi connectivity index (χ1n) is 7.72.